The van der Waals surface area contributed by atoms with Crippen molar-refractivity contribution in [2.75, 3.05) is 0 Å². The molecule has 452 valence electrons. The van der Waals surface area contributed by atoms with Crippen molar-refractivity contribution in [3.8, 4) is 0 Å². The van der Waals surface area contributed by atoms with Gasteiger partial charge in [-0.25, -0.2) is 0 Å². The van der Waals surface area contributed by atoms with E-state index in [0.717, 1.165) is 166 Å². The van der Waals surface area contributed by atoms with Gasteiger partial charge in [-0.2, -0.15) is 0 Å². The Labute approximate surface area is 495 Å². The zero-order valence-corrected chi connectivity index (χ0v) is 54.9. The minimum absolute atomic E-state index is 0.435. The maximum Gasteiger partial charge on any atom is 0.0794 e. The summed E-state index contributed by atoms with van der Waals surface area (Å²) in [6.45, 7) is 38.3. The highest BCUT2D eigenvalue weighted by Gasteiger charge is 2.64. The molecule has 80 heavy (non-hydrogen) atoms. The van der Waals surface area contributed by atoms with Crippen LogP contribution in [0.3, 0.4) is 0 Å². The van der Waals surface area contributed by atoms with Gasteiger partial charge < -0.3 is 9.47 Å². The normalized spacial score (nSPS) is 56.8. The molecule has 36 atom stereocenters. The number of rotatable bonds is 0. The van der Waals surface area contributed by atoms with Gasteiger partial charge in [-0.05, 0) is 279 Å². The van der Waals surface area contributed by atoms with Crippen LogP contribution in [-0.4, -0.2) is 24.4 Å². The number of hydrogen-bond donors (Lipinski definition) is 0. The SMILES string of the molecule is C[C@@H]1C2C=CC(C2)[C@@H]1C.C[C@@H]1C2C=CC(O2)[C@@H]1C.C[C@@H]1C2CC(C3C4C=CC(C4)C32)[C@@H]1C.C[C@@H]1C2CC(C3C4CCC(C4)C32)[C@@H]1C.C[C@@H]1C2CCC(C2)[C@@H]1C.C[C@@H]1C2CCC(O2)[C@@H]1C.C[C@@H]1CC=CC[C@@H]1C.C[C@@H]1CCCC[C@@H]1C. The summed E-state index contributed by atoms with van der Waals surface area (Å²) in [7, 11) is 0. The molecule has 0 radical (unpaired) electrons. The minimum Gasteiger partial charge on any atom is -0.374 e. The van der Waals surface area contributed by atoms with Crippen LogP contribution in [0.5, 0.6) is 0 Å². The van der Waals surface area contributed by atoms with Crippen molar-refractivity contribution >= 4 is 0 Å². The van der Waals surface area contributed by atoms with Gasteiger partial charge >= 0.3 is 0 Å². The molecule has 3 saturated heterocycles. The van der Waals surface area contributed by atoms with E-state index in [-0.39, 0.29) is 0 Å². The lowest BCUT2D eigenvalue weighted by molar-refractivity contribution is 0.0716. The Hall–Kier alpha value is -1.12. The molecular formula is C78H128O2. The van der Waals surface area contributed by atoms with Crippen LogP contribution in [0.15, 0.2) is 48.6 Å². The number of allylic oxidation sites excluding steroid dienone is 6. The van der Waals surface area contributed by atoms with E-state index in [9.17, 15) is 0 Å². The fourth-order valence-electron chi connectivity index (χ4n) is 23.4. The molecule has 18 aliphatic rings. The monoisotopic (exact) mass is 1100 g/mol. The summed E-state index contributed by atoms with van der Waals surface area (Å²) in [5.74, 6) is 32.7. The van der Waals surface area contributed by atoms with Crippen LogP contribution in [0.4, 0.5) is 0 Å². The second-order valence-electron chi connectivity index (χ2n) is 33.7. The number of ether oxygens (including phenoxy) is 2. The van der Waals surface area contributed by atoms with E-state index in [1.54, 1.807) is 38.5 Å². The van der Waals surface area contributed by atoms with E-state index in [2.05, 4.69) is 159 Å². The van der Waals surface area contributed by atoms with Crippen molar-refractivity contribution < 1.29 is 9.47 Å². The third-order valence-electron chi connectivity index (χ3n) is 30.7. The Morgan fingerprint density at radius 1 is 0.263 bits per heavy atom. The molecule has 0 aromatic rings. The highest BCUT2D eigenvalue weighted by molar-refractivity contribution is 5.21. The molecule has 0 aromatic heterocycles. The van der Waals surface area contributed by atoms with Gasteiger partial charge in [-0.15, -0.1) is 0 Å². The molecule has 0 spiro atoms. The van der Waals surface area contributed by atoms with E-state index in [1.165, 1.54) is 101 Å². The summed E-state index contributed by atoms with van der Waals surface area (Å²) in [5.41, 5.74) is 0. The molecule has 0 aromatic carbocycles. The summed E-state index contributed by atoms with van der Waals surface area (Å²) in [6, 6.07) is 0. The molecule has 11 saturated carbocycles. The van der Waals surface area contributed by atoms with E-state index in [0.29, 0.717) is 24.4 Å². The minimum atomic E-state index is 0.435. The third kappa shape index (κ3) is 11.7. The quantitative estimate of drug-likeness (QED) is 0.178. The lowest BCUT2D eigenvalue weighted by atomic mass is 9.64. The molecule has 2 nitrogen and oxygen atoms in total. The lowest BCUT2D eigenvalue weighted by Crippen LogP contribution is -2.35. The average molecular weight is 1100 g/mol. The van der Waals surface area contributed by atoms with Crippen LogP contribution >= 0.6 is 0 Å². The van der Waals surface area contributed by atoms with E-state index in [1.807, 2.05) is 0 Å². The standard InChI is InChI=1S/C14H22.C14H20.C9H16.C9H14.C8H14O.C8H12O.C8H16.C8H14/c2*1-7-8(2)12-6-11(7)13-9-3-4-10(5-9)14(12)13;2*1-6-7(2)9-4-3-8(6)5-9;2*1-5-6(2)8-4-3-7(5)9-8;2*1-7-5-3-4-6-8(7)2/h7-14H,3-6H2,1-2H3;3-4,7-14H,5-6H2,1-2H3;6-9H,3-5H2,1-2H3;3-4,6-9H,5H2,1-2H3;5-8H,3-4H2,1-2H3;3-8H,1-2H3;7-8H,3-6H2,1-2H3;3-4,7-8H,5-6H2,1-2H3/t2*7-,8+,9?,10?,11?,12?,13?,14?;2*6-,7+,8?,9?;2*5-,6+,7?,8?;2*7-,8+. The Kier molecular flexibility index (Phi) is 19.2. The average Bonchev–Trinajstić information content (AvgIpc) is 4.46. The van der Waals surface area contributed by atoms with Gasteiger partial charge in [0.2, 0.25) is 0 Å². The predicted octanol–water partition coefficient (Wildman–Crippen LogP) is 20.9. The van der Waals surface area contributed by atoms with Gasteiger partial charge in [0.15, 0.2) is 0 Å². The first kappa shape index (κ1) is 60.6. The van der Waals surface area contributed by atoms with Crippen LogP contribution < -0.4 is 0 Å². The maximum absolute atomic E-state index is 5.70. The summed E-state index contributed by atoms with van der Waals surface area (Å²) in [6.07, 6.45) is 47.7. The molecule has 0 N–H and O–H groups in total. The van der Waals surface area contributed by atoms with Crippen molar-refractivity contribution in [1.82, 2.24) is 0 Å². The van der Waals surface area contributed by atoms with Crippen LogP contribution in [0.1, 0.15) is 226 Å². The van der Waals surface area contributed by atoms with Crippen LogP contribution in [0, 0.1) is 189 Å². The van der Waals surface area contributed by atoms with Gasteiger partial charge in [0, 0.05) is 0 Å². The van der Waals surface area contributed by atoms with Gasteiger partial charge in [0.05, 0.1) is 24.4 Å². The van der Waals surface area contributed by atoms with Crippen molar-refractivity contribution in [3.05, 3.63) is 48.6 Å². The zero-order chi connectivity index (χ0) is 56.6. The molecule has 14 fully saturated rings. The topological polar surface area (TPSA) is 18.5 Å². The summed E-state index contributed by atoms with van der Waals surface area (Å²) < 4.78 is 11.3. The predicted molar refractivity (Wildman–Crippen MR) is 339 cm³/mol. The largest absolute Gasteiger partial charge is 0.374 e. The Morgan fingerprint density at radius 3 is 0.925 bits per heavy atom. The molecule has 0 amide bonds. The molecule has 14 aliphatic carbocycles. The fourth-order valence-corrected chi connectivity index (χ4v) is 23.4. The molecular weight excluding hydrogens is 969 g/mol. The van der Waals surface area contributed by atoms with Gasteiger partial charge in [-0.3, -0.25) is 0 Å². The smallest absolute Gasteiger partial charge is 0.0794 e. The van der Waals surface area contributed by atoms with Gasteiger partial charge in [0.25, 0.3) is 0 Å². The summed E-state index contributed by atoms with van der Waals surface area (Å²) in [4.78, 5) is 0. The third-order valence-corrected chi connectivity index (χ3v) is 30.7. The number of hydrogen-bond acceptors (Lipinski definition) is 2. The second-order valence-corrected chi connectivity index (χ2v) is 33.7. The Balaban J connectivity index is 0.0000000976. The van der Waals surface area contributed by atoms with E-state index >= 15 is 0 Å². The first-order valence-corrected chi connectivity index (χ1v) is 36.3. The molecule has 16 bridgehead atoms. The van der Waals surface area contributed by atoms with Crippen molar-refractivity contribution in [3.63, 3.8) is 0 Å². The van der Waals surface area contributed by atoms with Crippen LogP contribution in [-0.2, 0) is 9.47 Å². The fraction of sp³-hybridized carbons (Fsp3) is 0.897. The van der Waals surface area contributed by atoms with Gasteiger partial charge in [0.1, 0.15) is 0 Å². The summed E-state index contributed by atoms with van der Waals surface area (Å²) >= 11 is 0. The van der Waals surface area contributed by atoms with Crippen molar-refractivity contribution in [2.45, 2.75) is 251 Å². The van der Waals surface area contributed by atoms with Crippen molar-refractivity contribution in [1.29, 1.82) is 0 Å². The van der Waals surface area contributed by atoms with Crippen LogP contribution in [0.2, 0.25) is 0 Å². The first-order chi connectivity index (χ1) is 38.3. The molecule has 18 rings (SSSR count). The second kappa shape index (κ2) is 25.3. The van der Waals surface area contributed by atoms with E-state index < -0.39 is 0 Å². The molecule has 2 heteroatoms. The molecule has 20 unspecified atom stereocenters. The first-order valence-electron chi connectivity index (χ1n) is 36.3. The highest BCUT2D eigenvalue weighted by Crippen LogP contribution is 2.71. The number of fused-ring (bicyclic) bond motifs is 26. The van der Waals surface area contributed by atoms with Crippen molar-refractivity contribution in [2.24, 2.45) is 189 Å². The molecule has 4 heterocycles. The Bertz CT molecular complexity index is 1920. The summed E-state index contributed by atoms with van der Waals surface area (Å²) in [5, 5.41) is 0. The Morgan fingerprint density at radius 2 is 0.625 bits per heavy atom. The lowest BCUT2D eigenvalue weighted by Gasteiger charge is -2.41. The highest BCUT2D eigenvalue weighted by atomic mass is 16.5. The van der Waals surface area contributed by atoms with Crippen LogP contribution in [0.25, 0.3) is 0 Å². The maximum atomic E-state index is 5.70. The molecule has 4 aliphatic heterocycles. The zero-order valence-electron chi connectivity index (χ0n) is 54.9. The van der Waals surface area contributed by atoms with E-state index in [4.69, 9.17) is 9.47 Å². The van der Waals surface area contributed by atoms with Gasteiger partial charge in [-0.1, -0.05) is 185 Å².